The van der Waals surface area contributed by atoms with Gasteiger partial charge in [-0.1, -0.05) is 20.3 Å². The van der Waals surface area contributed by atoms with Gasteiger partial charge in [0.25, 0.3) is 0 Å². The summed E-state index contributed by atoms with van der Waals surface area (Å²) in [4.78, 5) is 12.6. The standard InChI is InChI=1S/C16H25N5O5P/c1-4-5-6-24-27(22)25-8-11-7-10(2)15(26-11)21-9-18-12-13(21)19-16(17)20-14(12)23-3/h9-11,15H,4-8H2,1-3H3,(H2,17,19,20)/q+1. The quantitative estimate of drug-likeness (QED) is 0.501. The molecule has 1 saturated heterocycles. The number of hydrogen-bond acceptors (Lipinski definition) is 9. The lowest BCUT2D eigenvalue weighted by molar-refractivity contribution is -0.0261. The largest absolute Gasteiger partial charge is 0.697 e. The van der Waals surface area contributed by atoms with E-state index in [1.807, 2.05) is 11.5 Å². The van der Waals surface area contributed by atoms with Crippen molar-refractivity contribution >= 4 is 25.4 Å². The number of ether oxygens (including phenoxy) is 2. The average molecular weight is 398 g/mol. The van der Waals surface area contributed by atoms with Gasteiger partial charge in [-0.3, -0.25) is 4.57 Å². The number of anilines is 1. The lowest BCUT2D eigenvalue weighted by Crippen LogP contribution is -2.16. The van der Waals surface area contributed by atoms with Crippen molar-refractivity contribution in [2.45, 2.75) is 45.4 Å². The van der Waals surface area contributed by atoms with Crippen LogP contribution in [0, 0.1) is 5.92 Å². The van der Waals surface area contributed by atoms with E-state index in [-0.39, 0.29) is 30.8 Å². The molecule has 3 heterocycles. The maximum atomic E-state index is 11.7. The Morgan fingerprint density at radius 3 is 2.96 bits per heavy atom. The second kappa shape index (κ2) is 8.88. The zero-order valence-corrected chi connectivity index (χ0v) is 16.6. The number of aromatic nitrogens is 4. The van der Waals surface area contributed by atoms with Crippen LogP contribution in [0.3, 0.4) is 0 Å². The average Bonchev–Trinajstić information content (AvgIpc) is 3.22. The van der Waals surface area contributed by atoms with E-state index in [1.165, 1.54) is 7.11 Å². The Hall–Kier alpha value is -1.87. The Morgan fingerprint density at radius 1 is 1.41 bits per heavy atom. The molecule has 4 atom stereocenters. The molecule has 0 saturated carbocycles. The van der Waals surface area contributed by atoms with Crippen LogP contribution in [0.5, 0.6) is 5.88 Å². The van der Waals surface area contributed by atoms with Gasteiger partial charge in [-0.25, -0.2) is 4.98 Å². The van der Waals surface area contributed by atoms with E-state index >= 15 is 0 Å². The fourth-order valence-electron chi connectivity index (χ4n) is 3.06. The molecular formula is C16H25N5O5P+. The van der Waals surface area contributed by atoms with Crippen molar-refractivity contribution in [2.24, 2.45) is 5.92 Å². The minimum absolute atomic E-state index is 0.104. The van der Waals surface area contributed by atoms with Gasteiger partial charge >= 0.3 is 8.25 Å². The molecule has 0 bridgehead atoms. The van der Waals surface area contributed by atoms with Crippen molar-refractivity contribution in [3.05, 3.63) is 6.33 Å². The molecule has 0 aliphatic carbocycles. The molecule has 1 fully saturated rings. The highest BCUT2D eigenvalue weighted by Crippen LogP contribution is 2.38. The van der Waals surface area contributed by atoms with Crippen LogP contribution in [0.2, 0.25) is 0 Å². The molecule has 27 heavy (non-hydrogen) atoms. The monoisotopic (exact) mass is 398 g/mol. The summed E-state index contributed by atoms with van der Waals surface area (Å²) in [6, 6.07) is 0. The maximum absolute atomic E-state index is 11.7. The molecule has 11 heteroatoms. The van der Waals surface area contributed by atoms with Crippen molar-refractivity contribution < 1.29 is 23.1 Å². The molecule has 2 aromatic heterocycles. The fraction of sp³-hybridized carbons (Fsp3) is 0.688. The lowest BCUT2D eigenvalue weighted by atomic mass is 10.1. The Balaban J connectivity index is 1.66. The number of hydrogen-bond donors (Lipinski definition) is 1. The van der Waals surface area contributed by atoms with Crippen LogP contribution in [0.25, 0.3) is 11.2 Å². The summed E-state index contributed by atoms with van der Waals surface area (Å²) in [5.74, 6) is 0.605. The van der Waals surface area contributed by atoms with Gasteiger partial charge in [0.1, 0.15) is 19.4 Å². The van der Waals surface area contributed by atoms with E-state index in [1.54, 1.807) is 6.33 Å². The number of rotatable bonds is 9. The van der Waals surface area contributed by atoms with Gasteiger partial charge < -0.3 is 15.2 Å². The van der Waals surface area contributed by atoms with E-state index < -0.39 is 8.25 Å². The molecule has 3 rings (SSSR count). The molecule has 4 unspecified atom stereocenters. The molecule has 10 nitrogen and oxygen atoms in total. The van der Waals surface area contributed by atoms with Crippen molar-refractivity contribution in [2.75, 3.05) is 26.1 Å². The molecule has 0 spiro atoms. The number of nitrogen functional groups attached to an aromatic ring is 1. The van der Waals surface area contributed by atoms with Crippen molar-refractivity contribution in [1.82, 2.24) is 19.5 Å². The van der Waals surface area contributed by atoms with Gasteiger partial charge in [0.05, 0.1) is 19.5 Å². The summed E-state index contributed by atoms with van der Waals surface area (Å²) in [6.45, 7) is 4.74. The molecule has 0 amide bonds. The van der Waals surface area contributed by atoms with Crippen LogP contribution in [0.4, 0.5) is 5.95 Å². The third kappa shape index (κ3) is 4.52. The zero-order valence-electron chi connectivity index (χ0n) is 15.7. The Kier molecular flexibility index (Phi) is 6.54. The van der Waals surface area contributed by atoms with E-state index in [0.717, 1.165) is 19.3 Å². The van der Waals surface area contributed by atoms with Gasteiger partial charge in [-0.05, 0) is 12.8 Å². The Morgan fingerprint density at radius 2 is 2.22 bits per heavy atom. The summed E-state index contributed by atoms with van der Waals surface area (Å²) in [5, 5.41) is 0. The number of nitrogens with zero attached hydrogens (tertiary/aromatic N) is 4. The lowest BCUT2D eigenvalue weighted by Gasteiger charge is -2.17. The number of nitrogens with two attached hydrogens (primary N) is 1. The number of unbranched alkanes of at least 4 members (excludes halogenated alkanes) is 1. The Bertz CT molecular complexity index is 801. The van der Waals surface area contributed by atoms with Crippen molar-refractivity contribution in [3.63, 3.8) is 0 Å². The second-order valence-corrected chi connectivity index (χ2v) is 7.45. The maximum Gasteiger partial charge on any atom is 0.697 e. The van der Waals surface area contributed by atoms with Crippen LogP contribution in [0.1, 0.15) is 39.3 Å². The Labute approximate surface area is 158 Å². The van der Waals surface area contributed by atoms with E-state index in [4.69, 9.17) is 24.3 Å². The summed E-state index contributed by atoms with van der Waals surface area (Å²) in [6.07, 6.45) is 3.73. The SMILES string of the molecule is CCCCO[P+](=O)OCC1CC(C)C(n2cnc3c(OC)nc(N)nc32)O1. The third-order valence-corrected chi connectivity index (χ3v) is 5.14. The van der Waals surface area contributed by atoms with Gasteiger partial charge in [0, 0.05) is 10.5 Å². The van der Waals surface area contributed by atoms with E-state index in [9.17, 15) is 4.57 Å². The van der Waals surface area contributed by atoms with Crippen LogP contribution in [0.15, 0.2) is 6.33 Å². The number of methoxy groups -OCH3 is 1. The smallest absolute Gasteiger partial charge is 0.479 e. The summed E-state index contributed by atoms with van der Waals surface area (Å²) in [5.41, 5.74) is 6.84. The van der Waals surface area contributed by atoms with Crippen molar-refractivity contribution in [1.29, 1.82) is 0 Å². The molecule has 148 valence electrons. The highest BCUT2D eigenvalue weighted by molar-refractivity contribution is 7.33. The molecule has 0 radical (unpaired) electrons. The van der Waals surface area contributed by atoms with E-state index in [2.05, 4.69) is 21.9 Å². The van der Waals surface area contributed by atoms with Crippen LogP contribution in [-0.4, -0.2) is 45.9 Å². The fourth-order valence-corrected chi connectivity index (χ4v) is 3.71. The topological polar surface area (TPSA) is 124 Å². The zero-order chi connectivity index (χ0) is 19.4. The minimum Gasteiger partial charge on any atom is -0.479 e. The highest BCUT2D eigenvalue weighted by atomic mass is 31.1. The third-order valence-electron chi connectivity index (χ3n) is 4.39. The van der Waals surface area contributed by atoms with Crippen LogP contribution >= 0.6 is 8.25 Å². The first-order valence-corrected chi connectivity index (χ1v) is 10.1. The first-order chi connectivity index (χ1) is 13.0. The first kappa shape index (κ1) is 19.9. The first-order valence-electron chi connectivity index (χ1n) is 8.96. The number of imidazole rings is 1. The number of fused-ring (bicyclic) bond motifs is 1. The second-order valence-electron chi connectivity index (χ2n) is 6.48. The van der Waals surface area contributed by atoms with Crippen LogP contribution < -0.4 is 10.5 Å². The minimum atomic E-state index is -2.12. The molecule has 2 aromatic rings. The molecule has 1 aliphatic rings. The molecular weight excluding hydrogens is 373 g/mol. The van der Waals surface area contributed by atoms with Gasteiger partial charge in [-0.15, -0.1) is 9.05 Å². The van der Waals surface area contributed by atoms with Crippen molar-refractivity contribution in [3.8, 4) is 5.88 Å². The molecule has 0 aromatic carbocycles. The van der Waals surface area contributed by atoms with Gasteiger partial charge in [0.15, 0.2) is 11.2 Å². The summed E-state index contributed by atoms with van der Waals surface area (Å²) >= 11 is 0. The normalized spacial score (nSPS) is 23.1. The van der Waals surface area contributed by atoms with Gasteiger partial charge in [-0.2, -0.15) is 9.97 Å². The van der Waals surface area contributed by atoms with Gasteiger partial charge in [0.2, 0.25) is 11.8 Å². The molecule has 2 N–H and O–H groups in total. The predicted octanol–water partition coefficient (Wildman–Crippen LogP) is 2.83. The summed E-state index contributed by atoms with van der Waals surface area (Å²) in [7, 11) is -0.618. The van der Waals surface area contributed by atoms with Crippen LogP contribution in [-0.2, 0) is 18.3 Å². The van der Waals surface area contributed by atoms with E-state index in [0.29, 0.717) is 23.7 Å². The highest BCUT2D eigenvalue weighted by Gasteiger charge is 2.37. The molecule has 1 aliphatic heterocycles. The predicted molar refractivity (Wildman–Crippen MR) is 98.4 cm³/mol. The summed E-state index contributed by atoms with van der Waals surface area (Å²) < 4.78 is 35.3.